The first-order chi connectivity index (χ1) is 12.8. The summed E-state index contributed by atoms with van der Waals surface area (Å²) in [6.45, 7) is 4.62. The number of nitrogens with zero attached hydrogens (tertiary/aromatic N) is 1. The largest absolute Gasteiger partial charge is 0.494 e. The minimum atomic E-state index is -3.44. The van der Waals surface area contributed by atoms with Gasteiger partial charge in [0, 0.05) is 18.7 Å². The fourth-order valence-electron chi connectivity index (χ4n) is 2.69. The van der Waals surface area contributed by atoms with E-state index in [0.717, 1.165) is 17.5 Å². The van der Waals surface area contributed by atoms with Crippen LogP contribution in [-0.4, -0.2) is 33.7 Å². The van der Waals surface area contributed by atoms with E-state index >= 15 is 0 Å². The SMILES string of the molecule is CCOc1ccc(N(CCCC(=O)Nc2cccc(C)c2)S(C)(=O)=O)cc1. The molecule has 6 nitrogen and oxygen atoms in total. The highest BCUT2D eigenvalue weighted by molar-refractivity contribution is 7.92. The number of hydrogen-bond acceptors (Lipinski definition) is 4. The number of amides is 1. The Kier molecular flexibility index (Phi) is 7.24. The predicted octanol–water partition coefficient (Wildman–Crippen LogP) is 3.58. The molecule has 0 aromatic heterocycles. The van der Waals surface area contributed by atoms with E-state index in [1.165, 1.54) is 4.31 Å². The summed E-state index contributed by atoms with van der Waals surface area (Å²) >= 11 is 0. The van der Waals surface area contributed by atoms with Crippen molar-refractivity contribution >= 4 is 27.3 Å². The number of benzene rings is 2. The van der Waals surface area contributed by atoms with E-state index in [1.54, 1.807) is 24.3 Å². The highest BCUT2D eigenvalue weighted by atomic mass is 32.2. The van der Waals surface area contributed by atoms with Crippen LogP contribution in [0, 0.1) is 6.92 Å². The summed E-state index contributed by atoms with van der Waals surface area (Å²) in [5.74, 6) is 0.549. The molecule has 0 aliphatic rings. The van der Waals surface area contributed by atoms with E-state index in [9.17, 15) is 13.2 Å². The van der Waals surface area contributed by atoms with Crippen LogP contribution < -0.4 is 14.4 Å². The Morgan fingerprint density at radius 2 is 1.85 bits per heavy atom. The minimum Gasteiger partial charge on any atom is -0.494 e. The topological polar surface area (TPSA) is 75.7 Å². The second-order valence-electron chi connectivity index (χ2n) is 6.28. The van der Waals surface area contributed by atoms with E-state index in [0.29, 0.717) is 24.5 Å². The van der Waals surface area contributed by atoms with Gasteiger partial charge in [-0.15, -0.1) is 0 Å². The third-order valence-electron chi connectivity index (χ3n) is 3.90. The molecule has 2 aromatic carbocycles. The van der Waals surface area contributed by atoms with Crippen LogP contribution in [0.5, 0.6) is 5.75 Å². The normalized spacial score (nSPS) is 11.1. The maximum atomic E-state index is 12.1. The average molecular weight is 391 g/mol. The van der Waals surface area contributed by atoms with Crippen molar-refractivity contribution in [2.45, 2.75) is 26.7 Å². The molecule has 0 unspecified atom stereocenters. The third-order valence-corrected chi connectivity index (χ3v) is 5.10. The van der Waals surface area contributed by atoms with Crippen molar-refractivity contribution in [1.29, 1.82) is 0 Å². The Morgan fingerprint density at radius 3 is 2.44 bits per heavy atom. The zero-order valence-corrected chi connectivity index (χ0v) is 16.8. The highest BCUT2D eigenvalue weighted by Gasteiger charge is 2.17. The number of carbonyl (C=O) groups excluding carboxylic acids is 1. The number of ether oxygens (including phenoxy) is 1. The van der Waals surface area contributed by atoms with Crippen molar-refractivity contribution in [2.75, 3.05) is 29.0 Å². The second-order valence-corrected chi connectivity index (χ2v) is 8.19. The fraction of sp³-hybridized carbons (Fsp3) is 0.350. The number of anilines is 2. The number of nitrogens with one attached hydrogen (secondary N) is 1. The number of aryl methyl sites for hydroxylation is 1. The smallest absolute Gasteiger partial charge is 0.232 e. The van der Waals surface area contributed by atoms with Crippen molar-refractivity contribution < 1.29 is 17.9 Å². The zero-order chi connectivity index (χ0) is 19.9. The summed E-state index contributed by atoms with van der Waals surface area (Å²) < 4.78 is 31.0. The monoisotopic (exact) mass is 390 g/mol. The lowest BCUT2D eigenvalue weighted by atomic mass is 10.2. The summed E-state index contributed by atoms with van der Waals surface area (Å²) in [6, 6.07) is 14.4. The summed E-state index contributed by atoms with van der Waals surface area (Å²) in [7, 11) is -3.44. The Labute approximate surface area is 161 Å². The van der Waals surface area contributed by atoms with Gasteiger partial charge in [0.2, 0.25) is 15.9 Å². The van der Waals surface area contributed by atoms with Gasteiger partial charge in [0.25, 0.3) is 0 Å². The Balaban J connectivity index is 1.95. The number of sulfonamides is 1. The molecule has 0 spiro atoms. The molecule has 0 atom stereocenters. The molecule has 0 radical (unpaired) electrons. The molecule has 7 heteroatoms. The Bertz CT molecular complexity index is 864. The third kappa shape index (κ3) is 6.60. The average Bonchev–Trinajstić information content (AvgIpc) is 2.59. The summed E-state index contributed by atoms with van der Waals surface area (Å²) in [4.78, 5) is 12.1. The van der Waals surface area contributed by atoms with Crippen LogP contribution in [0.25, 0.3) is 0 Å². The van der Waals surface area contributed by atoms with Crippen molar-refractivity contribution in [2.24, 2.45) is 0 Å². The molecule has 27 heavy (non-hydrogen) atoms. The molecule has 2 rings (SSSR count). The van der Waals surface area contributed by atoms with Crippen LogP contribution >= 0.6 is 0 Å². The van der Waals surface area contributed by atoms with E-state index in [1.807, 2.05) is 38.1 Å². The van der Waals surface area contributed by atoms with E-state index in [2.05, 4.69) is 5.32 Å². The second kappa shape index (κ2) is 9.41. The molecule has 1 N–H and O–H groups in total. The van der Waals surface area contributed by atoms with Gasteiger partial charge in [-0.3, -0.25) is 9.10 Å². The van der Waals surface area contributed by atoms with Gasteiger partial charge in [0.05, 0.1) is 18.6 Å². The van der Waals surface area contributed by atoms with Crippen LogP contribution in [0.15, 0.2) is 48.5 Å². The first kappa shape index (κ1) is 20.8. The van der Waals surface area contributed by atoms with Crippen LogP contribution in [0.3, 0.4) is 0 Å². The lowest BCUT2D eigenvalue weighted by molar-refractivity contribution is -0.116. The van der Waals surface area contributed by atoms with Gasteiger partial charge in [0.1, 0.15) is 5.75 Å². The molecule has 0 heterocycles. The number of hydrogen-bond donors (Lipinski definition) is 1. The summed E-state index contributed by atoms with van der Waals surface area (Å²) in [5, 5.41) is 2.83. The quantitative estimate of drug-likeness (QED) is 0.710. The van der Waals surface area contributed by atoms with Gasteiger partial charge in [-0.2, -0.15) is 0 Å². The Morgan fingerprint density at radius 1 is 1.15 bits per heavy atom. The van der Waals surface area contributed by atoms with E-state index in [-0.39, 0.29) is 18.9 Å². The molecular formula is C20H26N2O4S. The van der Waals surface area contributed by atoms with Crippen LogP contribution in [0.4, 0.5) is 11.4 Å². The van der Waals surface area contributed by atoms with Crippen molar-refractivity contribution in [1.82, 2.24) is 0 Å². The standard InChI is InChI=1S/C20H26N2O4S/c1-4-26-19-12-10-18(11-13-19)22(27(3,24)25)14-6-9-20(23)21-17-8-5-7-16(2)15-17/h5,7-8,10-13,15H,4,6,9,14H2,1-3H3,(H,21,23). The molecule has 2 aromatic rings. The van der Waals surface area contributed by atoms with Crippen molar-refractivity contribution in [3.05, 3.63) is 54.1 Å². The Hall–Kier alpha value is -2.54. The number of rotatable bonds is 9. The molecule has 0 bridgehead atoms. The van der Waals surface area contributed by atoms with Gasteiger partial charge in [-0.05, 0) is 62.2 Å². The maximum Gasteiger partial charge on any atom is 0.232 e. The first-order valence-electron chi connectivity index (χ1n) is 8.86. The van der Waals surface area contributed by atoms with Gasteiger partial charge in [0.15, 0.2) is 0 Å². The van der Waals surface area contributed by atoms with Crippen LogP contribution in [-0.2, 0) is 14.8 Å². The summed E-state index contributed by atoms with van der Waals surface area (Å²) in [6.07, 6.45) is 1.81. The number of carbonyl (C=O) groups is 1. The van der Waals surface area contributed by atoms with Crippen molar-refractivity contribution in [3.8, 4) is 5.75 Å². The molecule has 0 saturated carbocycles. The van der Waals surface area contributed by atoms with Gasteiger partial charge < -0.3 is 10.1 Å². The molecule has 1 amide bonds. The van der Waals surface area contributed by atoms with Crippen LogP contribution in [0.2, 0.25) is 0 Å². The van der Waals surface area contributed by atoms with E-state index < -0.39 is 10.0 Å². The molecule has 0 saturated heterocycles. The predicted molar refractivity (Wildman–Crippen MR) is 109 cm³/mol. The van der Waals surface area contributed by atoms with Gasteiger partial charge >= 0.3 is 0 Å². The van der Waals surface area contributed by atoms with E-state index in [4.69, 9.17) is 4.74 Å². The van der Waals surface area contributed by atoms with Gasteiger partial charge in [-0.1, -0.05) is 12.1 Å². The minimum absolute atomic E-state index is 0.138. The fourth-order valence-corrected chi connectivity index (χ4v) is 3.66. The first-order valence-corrected chi connectivity index (χ1v) is 10.7. The highest BCUT2D eigenvalue weighted by Crippen LogP contribution is 2.22. The van der Waals surface area contributed by atoms with Crippen LogP contribution in [0.1, 0.15) is 25.3 Å². The lowest BCUT2D eigenvalue weighted by Gasteiger charge is -2.22. The molecular weight excluding hydrogens is 364 g/mol. The lowest BCUT2D eigenvalue weighted by Crippen LogP contribution is -2.31. The molecule has 0 fully saturated rings. The molecule has 146 valence electrons. The van der Waals surface area contributed by atoms with Gasteiger partial charge in [-0.25, -0.2) is 8.42 Å². The molecule has 0 aliphatic heterocycles. The summed E-state index contributed by atoms with van der Waals surface area (Å²) in [5.41, 5.74) is 2.36. The maximum absolute atomic E-state index is 12.1. The zero-order valence-electron chi connectivity index (χ0n) is 15.9. The van der Waals surface area contributed by atoms with Crippen molar-refractivity contribution in [3.63, 3.8) is 0 Å². The molecule has 0 aliphatic carbocycles.